The van der Waals surface area contributed by atoms with Gasteiger partial charge in [-0.15, -0.1) is 0 Å². The number of carbonyl (C=O) groups is 4. The third-order valence-electron chi connectivity index (χ3n) is 4.18. The highest BCUT2D eigenvalue weighted by Crippen LogP contribution is 2.33. The SMILES string of the molecule is CNC(=O)OC[C@H](CSC[C@H](NC(C)=O)C(=O)NCCOCCOCCOCCP(=O)(O)O)OC(=O)NC. The molecule has 0 aromatic heterocycles. The molecule has 0 aromatic rings. The minimum Gasteiger partial charge on any atom is -0.446 e. The van der Waals surface area contributed by atoms with Crippen LogP contribution in [0.4, 0.5) is 9.59 Å². The molecule has 0 aromatic carbocycles. The number of rotatable bonds is 21. The molecule has 0 fully saturated rings. The Kier molecular flexibility index (Phi) is 20.5. The Hall–Kier alpha value is -2.14. The normalized spacial score (nSPS) is 12.7. The third-order valence-corrected chi connectivity index (χ3v) is 6.12. The summed E-state index contributed by atoms with van der Waals surface area (Å²) >= 11 is 1.22. The van der Waals surface area contributed by atoms with Crippen LogP contribution in [0.15, 0.2) is 0 Å². The van der Waals surface area contributed by atoms with Gasteiger partial charge in [0.1, 0.15) is 18.8 Å². The number of alkyl carbamates (subject to hydrolysis) is 2. The fourth-order valence-electron chi connectivity index (χ4n) is 2.41. The van der Waals surface area contributed by atoms with Crippen LogP contribution in [0.2, 0.25) is 0 Å². The summed E-state index contributed by atoms with van der Waals surface area (Å²) in [5.41, 5.74) is 0. The van der Waals surface area contributed by atoms with Crippen LogP contribution in [0.1, 0.15) is 6.92 Å². The quantitative estimate of drug-likeness (QED) is 0.0673. The number of nitrogens with one attached hydrogen (secondary N) is 4. The van der Waals surface area contributed by atoms with Crippen LogP contribution in [0.25, 0.3) is 0 Å². The molecule has 0 unspecified atom stereocenters. The second kappa shape index (κ2) is 21.8. The van der Waals surface area contributed by atoms with Gasteiger partial charge in [0.25, 0.3) is 0 Å². The van der Waals surface area contributed by atoms with Gasteiger partial charge in [0.05, 0.1) is 45.8 Å². The van der Waals surface area contributed by atoms with Gasteiger partial charge in [0, 0.05) is 39.1 Å². The predicted molar refractivity (Wildman–Crippen MR) is 137 cm³/mol. The predicted octanol–water partition coefficient (Wildman–Crippen LogP) is -1.35. The molecular weight excluding hydrogens is 551 g/mol. The minimum atomic E-state index is -4.06. The molecule has 0 spiro atoms. The van der Waals surface area contributed by atoms with Gasteiger partial charge in [-0.25, -0.2) is 9.59 Å². The Balaban J connectivity index is 4.23. The Bertz CT molecular complexity index is 758. The Labute approximate surface area is 225 Å². The molecule has 0 aliphatic heterocycles. The van der Waals surface area contributed by atoms with Crippen molar-refractivity contribution in [2.24, 2.45) is 0 Å². The van der Waals surface area contributed by atoms with Gasteiger partial charge < -0.3 is 54.7 Å². The first-order valence-corrected chi connectivity index (χ1v) is 14.6. The van der Waals surface area contributed by atoms with Gasteiger partial charge in [-0.2, -0.15) is 11.8 Å². The first kappa shape index (κ1) is 35.9. The van der Waals surface area contributed by atoms with Crippen LogP contribution in [0, 0.1) is 0 Å². The molecule has 0 aliphatic carbocycles. The molecule has 16 nitrogen and oxygen atoms in total. The molecule has 18 heteroatoms. The Morgan fingerprint density at radius 2 is 1.45 bits per heavy atom. The summed E-state index contributed by atoms with van der Waals surface area (Å²) in [4.78, 5) is 64.3. The van der Waals surface area contributed by atoms with Crippen molar-refractivity contribution in [1.82, 2.24) is 21.3 Å². The van der Waals surface area contributed by atoms with Crippen molar-refractivity contribution in [3.8, 4) is 0 Å². The van der Waals surface area contributed by atoms with Crippen LogP contribution >= 0.6 is 19.4 Å². The molecular formula is C20H39N4O12PS. The summed E-state index contributed by atoms with van der Waals surface area (Å²) in [5, 5.41) is 9.81. The second-order valence-electron chi connectivity index (χ2n) is 7.43. The smallest absolute Gasteiger partial charge is 0.407 e. The van der Waals surface area contributed by atoms with Crippen molar-refractivity contribution < 1.29 is 57.2 Å². The Morgan fingerprint density at radius 1 is 0.868 bits per heavy atom. The average molecular weight is 591 g/mol. The standard InChI is InChI=1S/C20H39N4O12PS/c1-15(25)24-17(14-38-13-16(36-20(28)22-3)12-35-19(27)21-2)18(26)23-4-5-32-6-7-33-8-9-34-10-11-37(29,30)31/h16-17H,4-14H2,1-3H3,(H,21,27)(H,22,28)(H,23,26)(H,24,25)(H2,29,30,31)/t16-,17+/m1/s1. The van der Waals surface area contributed by atoms with Gasteiger partial charge in [0.2, 0.25) is 11.8 Å². The van der Waals surface area contributed by atoms with E-state index in [2.05, 4.69) is 21.3 Å². The molecule has 0 saturated heterocycles. The van der Waals surface area contributed by atoms with Crippen LogP contribution in [-0.4, -0.2) is 130 Å². The fraction of sp³-hybridized carbons (Fsp3) is 0.800. The summed E-state index contributed by atoms with van der Waals surface area (Å²) in [7, 11) is -1.28. The molecule has 0 saturated carbocycles. The first-order valence-electron chi connectivity index (χ1n) is 11.6. The lowest BCUT2D eigenvalue weighted by Gasteiger charge is -2.20. The molecule has 0 bridgehead atoms. The van der Waals surface area contributed by atoms with E-state index in [0.717, 1.165) is 0 Å². The minimum absolute atomic E-state index is 0.0573. The van der Waals surface area contributed by atoms with E-state index in [9.17, 15) is 23.7 Å². The van der Waals surface area contributed by atoms with E-state index in [-0.39, 0.29) is 70.5 Å². The van der Waals surface area contributed by atoms with Crippen molar-refractivity contribution in [3.05, 3.63) is 0 Å². The highest BCUT2D eigenvalue weighted by molar-refractivity contribution is 7.99. The van der Waals surface area contributed by atoms with E-state index in [1.54, 1.807) is 0 Å². The summed E-state index contributed by atoms with van der Waals surface area (Å²) in [6.07, 6.45) is -2.51. The number of hydrogen-bond acceptors (Lipinski definition) is 11. The van der Waals surface area contributed by atoms with E-state index in [4.69, 9.17) is 33.5 Å². The van der Waals surface area contributed by atoms with Crippen molar-refractivity contribution >= 4 is 43.4 Å². The molecule has 222 valence electrons. The lowest BCUT2D eigenvalue weighted by molar-refractivity contribution is -0.127. The van der Waals surface area contributed by atoms with Crippen LogP contribution in [-0.2, 0) is 37.8 Å². The highest BCUT2D eigenvalue weighted by Gasteiger charge is 2.22. The lowest BCUT2D eigenvalue weighted by atomic mass is 10.3. The maximum Gasteiger partial charge on any atom is 0.407 e. The number of ether oxygens (including phenoxy) is 5. The van der Waals surface area contributed by atoms with Gasteiger partial charge >= 0.3 is 19.8 Å². The molecule has 0 aliphatic rings. The van der Waals surface area contributed by atoms with Gasteiger partial charge in [-0.1, -0.05) is 0 Å². The molecule has 6 N–H and O–H groups in total. The molecule has 0 rings (SSSR count). The van der Waals surface area contributed by atoms with E-state index in [1.165, 1.54) is 32.8 Å². The summed E-state index contributed by atoms with van der Waals surface area (Å²) in [6.45, 7) is 2.38. The zero-order valence-corrected chi connectivity index (χ0v) is 23.5. The molecule has 38 heavy (non-hydrogen) atoms. The van der Waals surface area contributed by atoms with Gasteiger partial charge in [0.15, 0.2) is 0 Å². The van der Waals surface area contributed by atoms with E-state index >= 15 is 0 Å². The largest absolute Gasteiger partial charge is 0.446 e. The van der Waals surface area contributed by atoms with Crippen molar-refractivity contribution in [3.63, 3.8) is 0 Å². The first-order chi connectivity index (χ1) is 18.0. The third kappa shape index (κ3) is 21.9. The number of amides is 4. The lowest BCUT2D eigenvalue weighted by Crippen LogP contribution is -2.48. The fourth-order valence-corrected chi connectivity index (χ4v) is 3.81. The van der Waals surface area contributed by atoms with E-state index in [0.29, 0.717) is 0 Å². The monoisotopic (exact) mass is 590 g/mol. The highest BCUT2D eigenvalue weighted by atomic mass is 32.2. The number of carbonyl (C=O) groups excluding carboxylic acids is 4. The summed E-state index contributed by atoms with van der Waals surface area (Å²) in [5.74, 6) is -0.452. The van der Waals surface area contributed by atoms with Gasteiger partial charge in [-0.3, -0.25) is 14.2 Å². The second-order valence-corrected chi connectivity index (χ2v) is 10.3. The van der Waals surface area contributed by atoms with Crippen molar-refractivity contribution in [2.75, 3.05) is 84.6 Å². The maximum absolute atomic E-state index is 12.5. The number of thioether (sulfide) groups is 1. The van der Waals surface area contributed by atoms with Crippen LogP contribution in [0.5, 0.6) is 0 Å². The topological polar surface area (TPSA) is 220 Å². The summed E-state index contributed by atoms with van der Waals surface area (Å²) < 4.78 is 36.4. The molecule has 4 amide bonds. The average Bonchev–Trinajstić information content (AvgIpc) is 2.85. The van der Waals surface area contributed by atoms with Gasteiger partial charge in [-0.05, 0) is 0 Å². The van der Waals surface area contributed by atoms with Crippen molar-refractivity contribution in [1.29, 1.82) is 0 Å². The number of hydrogen-bond donors (Lipinski definition) is 6. The van der Waals surface area contributed by atoms with E-state index in [1.807, 2.05) is 0 Å². The maximum atomic E-state index is 12.5. The van der Waals surface area contributed by atoms with E-state index < -0.39 is 43.7 Å². The zero-order valence-electron chi connectivity index (χ0n) is 21.8. The van der Waals surface area contributed by atoms with Crippen molar-refractivity contribution in [2.45, 2.75) is 19.1 Å². The summed E-state index contributed by atoms with van der Waals surface area (Å²) in [6, 6.07) is -0.855. The Morgan fingerprint density at radius 3 is 2.00 bits per heavy atom. The molecule has 0 heterocycles. The van der Waals surface area contributed by atoms with Crippen LogP contribution in [0.3, 0.4) is 0 Å². The molecule has 0 radical (unpaired) electrons. The zero-order chi connectivity index (χ0) is 28.8. The molecule has 2 atom stereocenters. The van der Waals surface area contributed by atoms with Crippen LogP contribution < -0.4 is 21.3 Å².